The first kappa shape index (κ1) is 12.2. The van der Waals surface area contributed by atoms with Crippen LogP contribution in [0.25, 0.3) is 0 Å². The largest absolute Gasteiger partial charge is 0.397 e. The van der Waals surface area contributed by atoms with Gasteiger partial charge in [-0.25, -0.2) is 8.78 Å². The number of aliphatic hydroxyl groups is 1. The predicted molar refractivity (Wildman–Crippen MR) is 60.7 cm³/mol. The number of pyridine rings is 1. The molecule has 0 amide bonds. The van der Waals surface area contributed by atoms with Gasteiger partial charge in [0.2, 0.25) is 5.92 Å². The van der Waals surface area contributed by atoms with Gasteiger partial charge in [0, 0.05) is 30.0 Å². The molecule has 1 aliphatic carbocycles. The molecule has 0 aromatic carbocycles. The average Bonchev–Trinajstić information content (AvgIpc) is 2.29. The molecule has 1 heterocycles. The third-order valence-electron chi connectivity index (χ3n) is 3.30. The van der Waals surface area contributed by atoms with Crippen LogP contribution in [-0.4, -0.2) is 16.0 Å². The van der Waals surface area contributed by atoms with Crippen LogP contribution < -0.4 is 5.73 Å². The van der Waals surface area contributed by atoms with Crippen LogP contribution in [-0.2, 0) is 6.61 Å². The third kappa shape index (κ3) is 2.72. The molecule has 0 spiro atoms. The van der Waals surface area contributed by atoms with E-state index in [0.29, 0.717) is 24.1 Å². The van der Waals surface area contributed by atoms with Gasteiger partial charge in [0.1, 0.15) is 0 Å². The molecule has 1 fully saturated rings. The molecule has 3 N–H and O–H groups in total. The number of nitrogens with zero attached hydrogens (tertiary/aromatic N) is 1. The first-order valence-corrected chi connectivity index (χ1v) is 5.75. The monoisotopic (exact) mass is 242 g/mol. The fourth-order valence-electron chi connectivity index (χ4n) is 2.35. The smallest absolute Gasteiger partial charge is 0.248 e. The summed E-state index contributed by atoms with van der Waals surface area (Å²) in [7, 11) is 0. The van der Waals surface area contributed by atoms with Crippen LogP contribution in [0.4, 0.5) is 14.5 Å². The van der Waals surface area contributed by atoms with Gasteiger partial charge >= 0.3 is 0 Å². The van der Waals surface area contributed by atoms with E-state index in [1.165, 1.54) is 6.20 Å². The number of nitrogens with two attached hydrogens (primary N) is 1. The van der Waals surface area contributed by atoms with E-state index in [-0.39, 0.29) is 25.4 Å². The zero-order valence-corrected chi connectivity index (χ0v) is 9.50. The Kier molecular flexibility index (Phi) is 3.28. The molecular weight excluding hydrogens is 226 g/mol. The molecule has 1 aromatic heterocycles. The highest BCUT2D eigenvalue weighted by Crippen LogP contribution is 2.41. The van der Waals surface area contributed by atoms with Crippen LogP contribution in [0, 0.1) is 0 Å². The highest BCUT2D eigenvalue weighted by atomic mass is 19.3. The standard InChI is InChI=1S/C12H16F2N2O/c13-12(14)3-1-8(2-4-12)11-9(7-17)5-10(15)6-16-11/h5-6,8,17H,1-4,7,15H2. The van der Waals surface area contributed by atoms with Crippen molar-refractivity contribution in [1.29, 1.82) is 0 Å². The van der Waals surface area contributed by atoms with E-state index >= 15 is 0 Å². The zero-order valence-electron chi connectivity index (χ0n) is 9.50. The average molecular weight is 242 g/mol. The van der Waals surface area contributed by atoms with E-state index in [9.17, 15) is 13.9 Å². The van der Waals surface area contributed by atoms with Gasteiger partial charge in [-0.2, -0.15) is 0 Å². The van der Waals surface area contributed by atoms with Gasteiger partial charge in [-0.1, -0.05) is 0 Å². The molecule has 17 heavy (non-hydrogen) atoms. The van der Waals surface area contributed by atoms with Crippen molar-refractivity contribution in [3.8, 4) is 0 Å². The van der Waals surface area contributed by atoms with Crippen molar-refractivity contribution < 1.29 is 13.9 Å². The van der Waals surface area contributed by atoms with Crippen LogP contribution in [0.15, 0.2) is 12.3 Å². The van der Waals surface area contributed by atoms with Crippen molar-refractivity contribution in [3.05, 3.63) is 23.5 Å². The Hall–Kier alpha value is -1.23. The molecule has 0 atom stereocenters. The lowest BCUT2D eigenvalue weighted by molar-refractivity contribution is -0.0385. The van der Waals surface area contributed by atoms with Gasteiger partial charge in [-0.05, 0) is 18.9 Å². The topological polar surface area (TPSA) is 59.1 Å². The molecule has 5 heteroatoms. The summed E-state index contributed by atoms with van der Waals surface area (Å²) in [6, 6.07) is 1.66. The van der Waals surface area contributed by atoms with E-state index in [0.717, 1.165) is 5.69 Å². The molecule has 0 bridgehead atoms. The molecule has 94 valence electrons. The second-order valence-corrected chi connectivity index (χ2v) is 4.60. The van der Waals surface area contributed by atoms with Crippen LogP contribution in [0.1, 0.15) is 42.9 Å². The molecule has 1 saturated carbocycles. The summed E-state index contributed by atoms with van der Waals surface area (Å²) in [5.41, 5.74) is 7.44. The zero-order chi connectivity index (χ0) is 12.5. The number of aromatic nitrogens is 1. The van der Waals surface area contributed by atoms with Gasteiger partial charge in [-0.3, -0.25) is 4.98 Å². The maximum Gasteiger partial charge on any atom is 0.248 e. The van der Waals surface area contributed by atoms with Gasteiger partial charge in [0.25, 0.3) is 0 Å². The second kappa shape index (κ2) is 4.56. The van der Waals surface area contributed by atoms with Crippen LogP contribution in [0.2, 0.25) is 0 Å². The van der Waals surface area contributed by atoms with Crippen molar-refractivity contribution in [3.63, 3.8) is 0 Å². The highest BCUT2D eigenvalue weighted by Gasteiger charge is 2.36. The number of anilines is 1. The lowest BCUT2D eigenvalue weighted by atomic mass is 9.83. The SMILES string of the molecule is Nc1cnc(C2CCC(F)(F)CC2)c(CO)c1. The van der Waals surface area contributed by atoms with Gasteiger partial charge in [0.15, 0.2) is 0 Å². The minimum absolute atomic E-state index is 0.0115. The summed E-state index contributed by atoms with van der Waals surface area (Å²) >= 11 is 0. The fraction of sp³-hybridized carbons (Fsp3) is 0.583. The number of alkyl halides is 2. The first-order valence-electron chi connectivity index (χ1n) is 5.75. The van der Waals surface area contributed by atoms with Crippen molar-refractivity contribution in [1.82, 2.24) is 4.98 Å². The van der Waals surface area contributed by atoms with Gasteiger partial charge in [0.05, 0.1) is 18.5 Å². The van der Waals surface area contributed by atoms with E-state index in [4.69, 9.17) is 5.73 Å². The van der Waals surface area contributed by atoms with Crippen LogP contribution in [0.3, 0.4) is 0 Å². The van der Waals surface area contributed by atoms with E-state index in [1.54, 1.807) is 6.07 Å². The quantitative estimate of drug-likeness (QED) is 0.837. The van der Waals surface area contributed by atoms with Crippen LogP contribution >= 0.6 is 0 Å². The van der Waals surface area contributed by atoms with Crippen LogP contribution in [0.5, 0.6) is 0 Å². The fourth-order valence-corrected chi connectivity index (χ4v) is 2.35. The minimum atomic E-state index is -2.54. The Morgan fingerprint density at radius 2 is 2.06 bits per heavy atom. The normalized spacial score (nSPS) is 20.4. The molecule has 0 aliphatic heterocycles. The molecule has 3 nitrogen and oxygen atoms in total. The number of halogens is 2. The van der Waals surface area contributed by atoms with Crippen molar-refractivity contribution in [2.45, 2.75) is 44.1 Å². The summed E-state index contributed by atoms with van der Waals surface area (Å²) in [5, 5.41) is 9.23. The summed E-state index contributed by atoms with van der Waals surface area (Å²) in [4.78, 5) is 4.19. The van der Waals surface area contributed by atoms with Gasteiger partial charge < -0.3 is 10.8 Å². The van der Waals surface area contributed by atoms with E-state index in [2.05, 4.69) is 4.98 Å². The Morgan fingerprint density at radius 3 is 2.65 bits per heavy atom. The molecule has 1 aromatic rings. The Morgan fingerprint density at radius 1 is 1.41 bits per heavy atom. The maximum absolute atomic E-state index is 13.1. The molecule has 0 radical (unpaired) electrons. The number of rotatable bonds is 2. The number of hydrogen-bond donors (Lipinski definition) is 2. The Labute approximate surface area is 98.7 Å². The molecule has 2 rings (SSSR count). The summed E-state index contributed by atoms with van der Waals surface area (Å²) in [6.45, 7) is -0.153. The van der Waals surface area contributed by atoms with Crippen molar-refractivity contribution in [2.75, 3.05) is 5.73 Å². The summed E-state index contributed by atoms with van der Waals surface area (Å²) in [6.07, 6.45) is 2.14. The first-order chi connectivity index (χ1) is 8.02. The Bertz CT molecular complexity index is 399. The maximum atomic E-state index is 13.1. The number of hydrogen-bond acceptors (Lipinski definition) is 3. The van der Waals surface area contributed by atoms with Gasteiger partial charge in [-0.15, -0.1) is 0 Å². The number of nitrogen functional groups attached to an aromatic ring is 1. The number of aliphatic hydroxyl groups excluding tert-OH is 1. The lowest BCUT2D eigenvalue weighted by Crippen LogP contribution is -2.24. The van der Waals surface area contributed by atoms with E-state index < -0.39 is 5.92 Å². The Balaban J connectivity index is 2.18. The van der Waals surface area contributed by atoms with Crippen molar-refractivity contribution >= 4 is 5.69 Å². The predicted octanol–water partition coefficient (Wildman–Crippen LogP) is 2.45. The second-order valence-electron chi connectivity index (χ2n) is 4.60. The van der Waals surface area contributed by atoms with E-state index in [1.807, 2.05) is 0 Å². The lowest BCUT2D eigenvalue weighted by Gasteiger charge is -2.28. The minimum Gasteiger partial charge on any atom is -0.397 e. The summed E-state index contributed by atoms with van der Waals surface area (Å²) in [5.74, 6) is -2.53. The molecule has 0 unspecified atom stereocenters. The molecular formula is C12H16F2N2O. The highest BCUT2D eigenvalue weighted by molar-refractivity contribution is 5.40. The third-order valence-corrected chi connectivity index (χ3v) is 3.30. The molecule has 0 saturated heterocycles. The summed E-state index contributed by atoms with van der Waals surface area (Å²) < 4.78 is 26.1. The molecule has 1 aliphatic rings. The van der Waals surface area contributed by atoms with Crippen molar-refractivity contribution in [2.24, 2.45) is 0 Å².